The molecule has 0 amide bonds. The van der Waals surface area contributed by atoms with E-state index in [2.05, 4.69) is 34.6 Å². The first-order valence-electron chi connectivity index (χ1n) is 8.22. The van der Waals surface area contributed by atoms with E-state index in [0.717, 1.165) is 49.7 Å². The van der Waals surface area contributed by atoms with Crippen molar-refractivity contribution in [3.8, 4) is 0 Å². The van der Waals surface area contributed by atoms with Gasteiger partial charge in [0.25, 0.3) is 0 Å². The second-order valence-electron chi connectivity index (χ2n) is 6.11. The molecule has 6 nitrogen and oxygen atoms in total. The van der Waals surface area contributed by atoms with Crippen LogP contribution >= 0.6 is 24.0 Å². The highest BCUT2D eigenvalue weighted by Crippen LogP contribution is 2.24. The number of rotatable bonds is 5. The summed E-state index contributed by atoms with van der Waals surface area (Å²) in [4.78, 5) is 4.66. The summed E-state index contributed by atoms with van der Waals surface area (Å²) in [6, 6.07) is 0. The number of aliphatic hydroxyl groups is 1. The second-order valence-corrected chi connectivity index (χ2v) is 6.11. The summed E-state index contributed by atoms with van der Waals surface area (Å²) in [7, 11) is 1.96. The van der Waals surface area contributed by atoms with Gasteiger partial charge in [-0.15, -0.1) is 24.0 Å². The predicted octanol–water partition coefficient (Wildman–Crippen LogP) is 1.87. The first-order chi connectivity index (χ1) is 10.5. The normalized spacial score (nSPS) is 21.2. The molecule has 2 unspecified atom stereocenters. The number of hydrogen-bond donors (Lipinski definition) is 3. The Kier molecular flexibility index (Phi) is 8.32. The van der Waals surface area contributed by atoms with Crippen molar-refractivity contribution in [1.29, 1.82) is 0 Å². The molecule has 1 aliphatic rings. The molecule has 0 aliphatic heterocycles. The van der Waals surface area contributed by atoms with E-state index in [1.54, 1.807) is 0 Å². The van der Waals surface area contributed by atoms with E-state index in [-0.39, 0.29) is 30.1 Å². The number of nitrogens with one attached hydrogen (secondary N) is 2. The molecule has 0 bridgehead atoms. The molecule has 1 aliphatic carbocycles. The maximum atomic E-state index is 9.90. The van der Waals surface area contributed by atoms with Crippen LogP contribution < -0.4 is 10.6 Å². The van der Waals surface area contributed by atoms with Gasteiger partial charge in [0.1, 0.15) is 0 Å². The fourth-order valence-electron chi connectivity index (χ4n) is 3.03. The van der Waals surface area contributed by atoms with Gasteiger partial charge in [0.2, 0.25) is 0 Å². The lowest BCUT2D eigenvalue weighted by molar-refractivity contribution is 0.134. The highest BCUT2D eigenvalue weighted by molar-refractivity contribution is 14.0. The van der Waals surface area contributed by atoms with Crippen LogP contribution in [-0.4, -0.2) is 40.0 Å². The zero-order valence-corrected chi connectivity index (χ0v) is 16.9. The molecule has 1 aromatic rings. The number of aryl methyl sites for hydroxylation is 2. The lowest BCUT2D eigenvalue weighted by atomic mass is 10.1. The third-order valence-corrected chi connectivity index (χ3v) is 4.55. The standard InChI is InChI=1S/C16H29N5O.HI/c1-5-17-16(18-9-13-7-6-8-15(13)22)19-10-14-11(2)20-21(4)12(14)3;/h13,15,22H,5-10H2,1-4H3,(H2,17,18,19);1H. The monoisotopic (exact) mass is 435 g/mol. The van der Waals surface area contributed by atoms with E-state index in [0.29, 0.717) is 12.5 Å². The summed E-state index contributed by atoms with van der Waals surface area (Å²) < 4.78 is 1.90. The molecular weight excluding hydrogens is 405 g/mol. The Morgan fingerprint density at radius 1 is 1.35 bits per heavy atom. The van der Waals surface area contributed by atoms with Crippen molar-refractivity contribution in [3.63, 3.8) is 0 Å². The lowest BCUT2D eigenvalue weighted by Crippen LogP contribution is -2.41. The minimum absolute atomic E-state index is 0. The van der Waals surface area contributed by atoms with Crippen LogP contribution in [0.25, 0.3) is 0 Å². The summed E-state index contributed by atoms with van der Waals surface area (Å²) in [6.45, 7) is 8.37. The number of nitrogens with zero attached hydrogens (tertiary/aromatic N) is 3. The molecular formula is C16H30IN5O. The molecule has 23 heavy (non-hydrogen) atoms. The molecule has 7 heteroatoms. The highest BCUT2D eigenvalue weighted by Gasteiger charge is 2.25. The molecule has 0 aromatic carbocycles. The number of aliphatic hydroxyl groups excluding tert-OH is 1. The van der Waals surface area contributed by atoms with Crippen molar-refractivity contribution in [2.75, 3.05) is 13.1 Å². The van der Waals surface area contributed by atoms with E-state index < -0.39 is 0 Å². The molecule has 1 heterocycles. The van der Waals surface area contributed by atoms with Crippen LogP contribution in [0.1, 0.15) is 43.1 Å². The van der Waals surface area contributed by atoms with Crippen LogP contribution in [-0.2, 0) is 13.6 Å². The minimum Gasteiger partial charge on any atom is -0.393 e. The Bertz CT molecular complexity index is 529. The van der Waals surface area contributed by atoms with E-state index >= 15 is 0 Å². The van der Waals surface area contributed by atoms with E-state index in [1.165, 1.54) is 5.56 Å². The van der Waals surface area contributed by atoms with Crippen LogP contribution in [0.3, 0.4) is 0 Å². The Hall–Kier alpha value is -0.830. The Labute approximate surface area is 156 Å². The fraction of sp³-hybridized carbons (Fsp3) is 0.750. The molecule has 3 N–H and O–H groups in total. The summed E-state index contributed by atoms with van der Waals surface area (Å²) in [6.07, 6.45) is 2.97. The summed E-state index contributed by atoms with van der Waals surface area (Å²) in [5.41, 5.74) is 3.37. The van der Waals surface area contributed by atoms with Crippen LogP contribution in [0, 0.1) is 19.8 Å². The molecule has 0 saturated heterocycles. The maximum Gasteiger partial charge on any atom is 0.191 e. The van der Waals surface area contributed by atoms with Gasteiger partial charge in [-0.2, -0.15) is 5.10 Å². The molecule has 1 aromatic heterocycles. The number of aromatic nitrogens is 2. The molecule has 2 atom stereocenters. The maximum absolute atomic E-state index is 9.90. The molecule has 0 radical (unpaired) electrons. The number of guanidine groups is 1. The van der Waals surface area contributed by atoms with E-state index in [1.807, 2.05) is 18.7 Å². The molecule has 1 fully saturated rings. The first-order valence-corrected chi connectivity index (χ1v) is 8.22. The van der Waals surface area contributed by atoms with Gasteiger partial charge in [-0.1, -0.05) is 6.42 Å². The molecule has 1 saturated carbocycles. The summed E-state index contributed by atoms with van der Waals surface area (Å²) in [5, 5.41) is 21.0. The van der Waals surface area contributed by atoms with Crippen molar-refractivity contribution in [2.24, 2.45) is 18.0 Å². The number of hydrogen-bond acceptors (Lipinski definition) is 3. The average Bonchev–Trinajstić information content (AvgIpc) is 2.99. The first kappa shape index (κ1) is 20.2. The van der Waals surface area contributed by atoms with Gasteiger partial charge >= 0.3 is 0 Å². The Morgan fingerprint density at radius 2 is 2.09 bits per heavy atom. The lowest BCUT2D eigenvalue weighted by Gasteiger charge is -2.17. The van der Waals surface area contributed by atoms with Crippen LogP contribution in [0.5, 0.6) is 0 Å². The third-order valence-electron chi connectivity index (χ3n) is 4.55. The zero-order valence-electron chi connectivity index (χ0n) is 14.6. The molecule has 132 valence electrons. The van der Waals surface area contributed by atoms with Crippen LogP contribution in [0.15, 0.2) is 4.99 Å². The SMILES string of the molecule is CCNC(=NCc1c(C)nn(C)c1C)NCC1CCCC1O.I. The van der Waals surface area contributed by atoms with Gasteiger partial charge in [0.15, 0.2) is 5.96 Å². The predicted molar refractivity (Wildman–Crippen MR) is 104 cm³/mol. The van der Waals surface area contributed by atoms with Crippen molar-refractivity contribution in [3.05, 3.63) is 17.0 Å². The minimum atomic E-state index is -0.168. The molecule has 0 spiro atoms. The largest absolute Gasteiger partial charge is 0.393 e. The smallest absolute Gasteiger partial charge is 0.191 e. The van der Waals surface area contributed by atoms with Gasteiger partial charge in [0, 0.05) is 37.3 Å². The zero-order chi connectivity index (χ0) is 16.1. The van der Waals surface area contributed by atoms with Crippen LogP contribution in [0.2, 0.25) is 0 Å². The quantitative estimate of drug-likeness (QED) is 0.375. The van der Waals surface area contributed by atoms with E-state index in [9.17, 15) is 5.11 Å². The highest BCUT2D eigenvalue weighted by atomic mass is 127. The Balaban J connectivity index is 0.00000264. The van der Waals surface area contributed by atoms with Gasteiger partial charge in [-0.3, -0.25) is 4.68 Å². The molecule has 2 rings (SSSR count). The Morgan fingerprint density at radius 3 is 2.61 bits per heavy atom. The summed E-state index contributed by atoms with van der Waals surface area (Å²) >= 11 is 0. The fourth-order valence-corrected chi connectivity index (χ4v) is 3.03. The van der Waals surface area contributed by atoms with Gasteiger partial charge in [0.05, 0.1) is 18.3 Å². The van der Waals surface area contributed by atoms with Crippen LogP contribution in [0.4, 0.5) is 0 Å². The van der Waals surface area contributed by atoms with Crippen molar-refractivity contribution >= 4 is 29.9 Å². The van der Waals surface area contributed by atoms with Gasteiger partial charge in [-0.25, -0.2) is 4.99 Å². The van der Waals surface area contributed by atoms with E-state index in [4.69, 9.17) is 0 Å². The summed E-state index contributed by atoms with van der Waals surface area (Å²) in [5.74, 6) is 1.15. The second kappa shape index (κ2) is 9.46. The van der Waals surface area contributed by atoms with Gasteiger partial charge in [-0.05, 0) is 33.6 Å². The van der Waals surface area contributed by atoms with Gasteiger partial charge < -0.3 is 15.7 Å². The third kappa shape index (κ3) is 5.34. The average molecular weight is 435 g/mol. The number of aliphatic imine (C=N–C) groups is 1. The van der Waals surface area contributed by atoms with Crippen molar-refractivity contribution in [1.82, 2.24) is 20.4 Å². The van der Waals surface area contributed by atoms with Crippen molar-refractivity contribution < 1.29 is 5.11 Å². The number of halogens is 1. The topological polar surface area (TPSA) is 74.5 Å². The van der Waals surface area contributed by atoms with Crippen molar-refractivity contribution in [2.45, 2.75) is 52.7 Å².